The van der Waals surface area contributed by atoms with E-state index in [-0.39, 0.29) is 0 Å². The van der Waals surface area contributed by atoms with Gasteiger partial charge in [0.15, 0.2) is 0 Å². The third-order valence-electron chi connectivity index (χ3n) is 3.56. The van der Waals surface area contributed by atoms with E-state index in [0.717, 1.165) is 6.04 Å². The molecular formula is C12H26N2. The van der Waals surface area contributed by atoms with Crippen molar-refractivity contribution in [3.8, 4) is 0 Å². The average Bonchev–Trinajstić information content (AvgIpc) is 2.45. The lowest BCUT2D eigenvalue weighted by molar-refractivity contribution is 0.143. The maximum absolute atomic E-state index is 2.61. The van der Waals surface area contributed by atoms with Crippen molar-refractivity contribution in [3.63, 3.8) is 0 Å². The summed E-state index contributed by atoms with van der Waals surface area (Å²) in [5.41, 5.74) is 0.308. The van der Waals surface area contributed by atoms with Crippen LogP contribution in [0.4, 0.5) is 0 Å². The Morgan fingerprint density at radius 3 is 2.43 bits per heavy atom. The summed E-state index contributed by atoms with van der Waals surface area (Å²) in [7, 11) is 2.22. The Bertz CT molecular complexity index is 170. The van der Waals surface area contributed by atoms with E-state index in [0.29, 0.717) is 5.54 Å². The first-order valence-corrected chi connectivity index (χ1v) is 5.86. The SMILES string of the molecule is C[C@@H]1CCCN1CCN(C)C(C)(C)C. The van der Waals surface area contributed by atoms with Crippen LogP contribution in [-0.4, -0.2) is 48.1 Å². The van der Waals surface area contributed by atoms with Crippen LogP contribution in [0, 0.1) is 0 Å². The zero-order valence-electron chi connectivity index (χ0n) is 10.5. The summed E-state index contributed by atoms with van der Waals surface area (Å²) in [4.78, 5) is 5.06. The molecule has 2 nitrogen and oxygen atoms in total. The summed E-state index contributed by atoms with van der Waals surface area (Å²) >= 11 is 0. The molecule has 2 heteroatoms. The maximum atomic E-state index is 2.61. The molecule has 1 saturated heterocycles. The summed E-state index contributed by atoms with van der Waals surface area (Å²) in [5.74, 6) is 0. The van der Waals surface area contributed by atoms with Crippen LogP contribution in [0.1, 0.15) is 40.5 Å². The number of likely N-dealkylation sites (N-methyl/N-ethyl adjacent to an activating group) is 1. The van der Waals surface area contributed by atoms with E-state index in [4.69, 9.17) is 0 Å². The van der Waals surface area contributed by atoms with Crippen molar-refractivity contribution < 1.29 is 0 Å². The Balaban J connectivity index is 2.26. The highest BCUT2D eigenvalue weighted by Crippen LogP contribution is 2.17. The summed E-state index contributed by atoms with van der Waals surface area (Å²) in [6.07, 6.45) is 2.78. The first-order chi connectivity index (χ1) is 6.41. The van der Waals surface area contributed by atoms with Crippen LogP contribution in [0.3, 0.4) is 0 Å². The molecule has 0 amide bonds. The second-order valence-corrected chi connectivity index (χ2v) is 5.62. The van der Waals surface area contributed by atoms with Crippen LogP contribution in [0.5, 0.6) is 0 Å². The lowest BCUT2D eigenvalue weighted by Crippen LogP contribution is -2.43. The quantitative estimate of drug-likeness (QED) is 0.686. The number of nitrogens with zero attached hydrogens (tertiary/aromatic N) is 2. The normalized spacial score (nSPS) is 24.9. The van der Waals surface area contributed by atoms with Crippen LogP contribution < -0.4 is 0 Å². The standard InChI is InChI=1S/C12H26N2/c1-11-7-6-8-14(11)10-9-13(5)12(2,3)4/h11H,6-10H2,1-5H3/t11-/m1/s1. The number of hydrogen-bond acceptors (Lipinski definition) is 2. The molecule has 1 fully saturated rings. The van der Waals surface area contributed by atoms with Gasteiger partial charge in [0.2, 0.25) is 0 Å². The lowest BCUT2D eigenvalue weighted by atomic mass is 10.1. The first-order valence-electron chi connectivity index (χ1n) is 5.86. The van der Waals surface area contributed by atoms with E-state index in [1.165, 1.54) is 32.5 Å². The van der Waals surface area contributed by atoms with E-state index < -0.39 is 0 Å². The van der Waals surface area contributed by atoms with Crippen molar-refractivity contribution in [1.82, 2.24) is 9.80 Å². The van der Waals surface area contributed by atoms with Crippen LogP contribution in [-0.2, 0) is 0 Å². The zero-order valence-corrected chi connectivity index (χ0v) is 10.5. The van der Waals surface area contributed by atoms with Gasteiger partial charge in [-0.3, -0.25) is 4.90 Å². The van der Waals surface area contributed by atoms with Gasteiger partial charge in [-0.05, 0) is 54.1 Å². The fourth-order valence-electron chi connectivity index (χ4n) is 1.94. The molecule has 0 aliphatic carbocycles. The van der Waals surface area contributed by atoms with Gasteiger partial charge in [0.05, 0.1) is 0 Å². The van der Waals surface area contributed by atoms with Gasteiger partial charge in [0, 0.05) is 24.7 Å². The molecule has 0 aromatic rings. The smallest absolute Gasteiger partial charge is 0.0122 e. The summed E-state index contributed by atoms with van der Waals surface area (Å²) in [5, 5.41) is 0. The highest BCUT2D eigenvalue weighted by atomic mass is 15.2. The molecule has 0 spiro atoms. The van der Waals surface area contributed by atoms with Crippen molar-refractivity contribution in [1.29, 1.82) is 0 Å². The van der Waals surface area contributed by atoms with Crippen molar-refractivity contribution in [2.75, 3.05) is 26.7 Å². The van der Waals surface area contributed by atoms with Gasteiger partial charge in [-0.1, -0.05) is 0 Å². The van der Waals surface area contributed by atoms with Crippen molar-refractivity contribution in [3.05, 3.63) is 0 Å². The van der Waals surface area contributed by atoms with Gasteiger partial charge < -0.3 is 4.90 Å². The van der Waals surface area contributed by atoms with Gasteiger partial charge in [0.25, 0.3) is 0 Å². The Morgan fingerprint density at radius 1 is 1.36 bits per heavy atom. The van der Waals surface area contributed by atoms with Gasteiger partial charge in [-0.15, -0.1) is 0 Å². The minimum absolute atomic E-state index is 0.308. The van der Waals surface area contributed by atoms with Gasteiger partial charge in [-0.25, -0.2) is 0 Å². The molecule has 0 radical (unpaired) electrons. The minimum atomic E-state index is 0.308. The van der Waals surface area contributed by atoms with Crippen molar-refractivity contribution >= 4 is 0 Å². The molecule has 1 rings (SSSR count). The van der Waals surface area contributed by atoms with E-state index in [9.17, 15) is 0 Å². The average molecular weight is 198 g/mol. The predicted molar refractivity (Wildman–Crippen MR) is 62.7 cm³/mol. The third kappa shape index (κ3) is 3.25. The molecule has 84 valence electrons. The molecule has 1 atom stereocenters. The topological polar surface area (TPSA) is 6.48 Å². The third-order valence-corrected chi connectivity index (χ3v) is 3.56. The molecule has 0 saturated carbocycles. The molecular weight excluding hydrogens is 172 g/mol. The van der Waals surface area contributed by atoms with Crippen LogP contribution in [0.15, 0.2) is 0 Å². The Morgan fingerprint density at radius 2 is 2.00 bits per heavy atom. The van der Waals surface area contributed by atoms with E-state index in [2.05, 4.69) is 44.5 Å². The molecule has 0 aromatic heterocycles. The van der Waals surface area contributed by atoms with Gasteiger partial charge in [-0.2, -0.15) is 0 Å². The highest BCUT2D eigenvalue weighted by molar-refractivity contribution is 4.78. The van der Waals surface area contributed by atoms with Gasteiger partial charge in [0.1, 0.15) is 0 Å². The van der Waals surface area contributed by atoms with Crippen LogP contribution in [0.25, 0.3) is 0 Å². The number of likely N-dealkylation sites (tertiary alicyclic amines) is 1. The molecule has 1 heterocycles. The molecule has 14 heavy (non-hydrogen) atoms. The number of rotatable bonds is 3. The lowest BCUT2D eigenvalue weighted by Gasteiger charge is -2.34. The fourth-order valence-corrected chi connectivity index (χ4v) is 1.94. The summed E-state index contributed by atoms with van der Waals surface area (Å²) in [6.45, 7) is 12.9. The first kappa shape index (κ1) is 12.0. The fraction of sp³-hybridized carbons (Fsp3) is 1.00. The highest BCUT2D eigenvalue weighted by Gasteiger charge is 2.22. The summed E-state index contributed by atoms with van der Waals surface area (Å²) < 4.78 is 0. The molecule has 0 unspecified atom stereocenters. The molecule has 1 aliphatic rings. The minimum Gasteiger partial charge on any atom is -0.300 e. The van der Waals surface area contributed by atoms with E-state index >= 15 is 0 Å². The Labute approximate surface area is 89.3 Å². The Hall–Kier alpha value is -0.0800. The van der Waals surface area contributed by atoms with Gasteiger partial charge >= 0.3 is 0 Å². The Kier molecular flexibility index (Phi) is 3.96. The molecule has 0 aromatic carbocycles. The largest absolute Gasteiger partial charge is 0.300 e. The van der Waals surface area contributed by atoms with Crippen LogP contribution in [0.2, 0.25) is 0 Å². The monoisotopic (exact) mass is 198 g/mol. The molecule has 1 aliphatic heterocycles. The van der Waals surface area contributed by atoms with Crippen molar-refractivity contribution in [2.45, 2.75) is 52.1 Å². The predicted octanol–water partition coefficient (Wildman–Crippen LogP) is 2.20. The van der Waals surface area contributed by atoms with Crippen LogP contribution >= 0.6 is 0 Å². The van der Waals surface area contributed by atoms with E-state index in [1.54, 1.807) is 0 Å². The second-order valence-electron chi connectivity index (χ2n) is 5.62. The van der Waals surface area contributed by atoms with E-state index in [1.807, 2.05) is 0 Å². The zero-order chi connectivity index (χ0) is 10.8. The van der Waals surface area contributed by atoms with Crippen molar-refractivity contribution in [2.24, 2.45) is 0 Å². The maximum Gasteiger partial charge on any atom is 0.0122 e. The second kappa shape index (κ2) is 4.63. The number of hydrogen-bond donors (Lipinski definition) is 0. The molecule has 0 bridgehead atoms. The summed E-state index contributed by atoms with van der Waals surface area (Å²) in [6, 6.07) is 0.809. The molecule has 0 N–H and O–H groups in total.